The SMILES string of the molecule is NNc1ccc(S(=O)(=O)N2CCCSCC2)cn1. The first kappa shape index (κ1) is 13.6. The van der Waals surface area contributed by atoms with Crippen molar-refractivity contribution in [1.82, 2.24) is 9.29 Å². The number of sulfonamides is 1. The van der Waals surface area contributed by atoms with Crippen molar-refractivity contribution in [2.45, 2.75) is 11.3 Å². The van der Waals surface area contributed by atoms with Crippen LogP contribution in [0.1, 0.15) is 6.42 Å². The molecule has 0 saturated carbocycles. The number of nitrogens with zero attached hydrogens (tertiary/aromatic N) is 2. The van der Waals surface area contributed by atoms with E-state index >= 15 is 0 Å². The second-order valence-corrected chi connectivity index (χ2v) is 7.06. The Hall–Kier alpha value is -0.830. The molecule has 1 saturated heterocycles. The summed E-state index contributed by atoms with van der Waals surface area (Å²) in [6, 6.07) is 3.08. The van der Waals surface area contributed by atoms with E-state index in [0.29, 0.717) is 18.9 Å². The number of pyridine rings is 1. The number of hydrogen-bond acceptors (Lipinski definition) is 6. The van der Waals surface area contributed by atoms with E-state index in [4.69, 9.17) is 5.84 Å². The molecule has 0 amide bonds. The number of aromatic nitrogens is 1. The summed E-state index contributed by atoms with van der Waals surface area (Å²) in [5, 5.41) is 0. The summed E-state index contributed by atoms with van der Waals surface area (Å²) in [5.74, 6) is 7.50. The molecule has 1 aromatic rings. The van der Waals surface area contributed by atoms with Crippen molar-refractivity contribution >= 4 is 27.6 Å². The predicted octanol–water partition coefficient (Wildman–Crippen LogP) is 0.495. The van der Waals surface area contributed by atoms with Crippen LogP contribution in [0.25, 0.3) is 0 Å². The fourth-order valence-corrected chi connectivity index (χ4v) is 4.16. The van der Waals surface area contributed by atoms with Gasteiger partial charge in [0.1, 0.15) is 10.7 Å². The Morgan fingerprint density at radius 2 is 2.17 bits per heavy atom. The molecular weight excluding hydrogens is 272 g/mol. The van der Waals surface area contributed by atoms with Gasteiger partial charge in [0.25, 0.3) is 0 Å². The highest BCUT2D eigenvalue weighted by molar-refractivity contribution is 7.99. The van der Waals surface area contributed by atoms with Crippen LogP contribution >= 0.6 is 11.8 Å². The number of nitrogens with two attached hydrogens (primary N) is 1. The van der Waals surface area contributed by atoms with Gasteiger partial charge in [0.15, 0.2) is 0 Å². The van der Waals surface area contributed by atoms with Gasteiger partial charge < -0.3 is 5.43 Å². The number of nitrogens with one attached hydrogen (secondary N) is 1. The molecule has 1 aliphatic heterocycles. The van der Waals surface area contributed by atoms with Gasteiger partial charge in [0.2, 0.25) is 10.0 Å². The lowest BCUT2D eigenvalue weighted by molar-refractivity contribution is 0.435. The Bertz CT molecular complexity index is 481. The molecule has 0 spiro atoms. The van der Waals surface area contributed by atoms with E-state index in [2.05, 4.69) is 10.4 Å². The van der Waals surface area contributed by atoms with Crippen LogP contribution in [-0.4, -0.2) is 42.3 Å². The van der Waals surface area contributed by atoms with E-state index < -0.39 is 10.0 Å². The summed E-state index contributed by atoms with van der Waals surface area (Å²) in [4.78, 5) is 4.15. The average Bonchev–Trinajstić information content (AvgIpc) is 2.68. The van der Waals surface area contributed by atoms with Gasteiger partial charge >= 0.3 is 0 Å². The van der Waals surface area contributed by atoms with Gasteiger partial charge in [-0.2, -0.15) is 16.1 Å². The number of anilines is 1. The lowest BCUT2D eigenvalue weighted by Gasteiger charge is -2.19. The Kier molecular flexibility index (Phi) is 4.44. The summed E-state index contributed by atoms with van der Waals surface area (Å²) >= 11 is 1.79. The summed E-state index contributed by atoms with van der Waals surface area (Å²) in [7, 11) is -3.42. The zero-order chi connectivity index (χ0) is 13.0. The van der Waals surface area contributed by atoms with Gasteiger partial charge in [0, 0.05) is 25.0 Å². The average molecular weight is 288 g/mol. The van der Waals surface area contributed by atoms with Crippen LogP contribution < -0.4 is 11.3 Å². The third kappa shape index (κ3) is 2.94. The number of hydrogen-bond donors (Lipinski definition) is 2. The third-order valence-corrected chi connectivity index (χ3v) is 5.63. The van der Waals surface area contributed by atoms with Crippen molar-refractivity contribution in [3.05, 3.63) is 18.3 Å². The molecule has 18 heavy (non-hydrogen) atoms. The number of rotatable bonds is 3. The molecule has 100 valence electrons. The van der Waals surface area contributed by atoms with Crippen molar-refractivity contribution in [3.63, 3.8) is 0 Å². The van der Waals surface area contributed by atoms with Crippen LogP contribution in [0, 0.1) is 0 Å². The van der Waals surface area contributed by atoms with E-state index in [1.807, 2.05) is 0 Å². The molecule has 1 fully saturated rings. The monoisotopic (exact) mass is 288 g/mol. The molecule has 2 heterocycles. The van der Waals surface area contributed by atoms with Gasteiger partial charge in [-0.25, -0.2) is 19.2 Å². The van der Waals surface area contributed by atoms with E-state index in [1.165, 1.54) is 16.6 Å². The normalized spacial score (nSPS) is 18.3. The summed E-state index contributed by atoms with van der Waals surface area (Å²) in [5.41, 5.74) is 2.37. The molecule has 1 aliphatic rings. The van der Waals surface area contributed by atoms with Crippen molar-refractivity contribution in [1.29, 1.82) is 0 Å². The molecule has 8 heteroatoms. The first-order valence-electron chi connectivity index (χ1n) is 5.65. The quantitative estimate of drug-likeness (QED) is 0.622. The Morgan fingerprint density at radius 1 is 1.33 bits per heavy atom. The first-order valence-corrected chi connectivity index (χ1v) is 8.24. The number of nitrogen functional groups attached to an aromatic ring is 1. The van der Waals surface area contributed by atoms with Gasteiger partial charge in [-0.15, -0.1) is 0 Å². The molecule has 0 aliphatic carbocycles. The molecule has 0 atom stereocenters. The topological polar surface area (TPSA) is 88.3 Å². The van der Waals surface area contributed by atoms with Gasteiger partial charge in [-0.05, 0) is 24.3 Å². The van der Waals surface area contributed by atoms with Crippen LogP contribution in [0.2, 0.25) is 0 Å². The maximum absolute atomic E-state index is 12.4. The molecule has 1 aromatic heterocycles. The van der Waals surface area contributed by atoms with Gasteiger partial charge in [0.05, 0.1) is 0 Å². The van der Waals surface area contributed by atoms with Crippen molar-refractivity contribution in [2.24, 2.45) is 5.84 Å². The van der Waals surface area contributed by atoms with E-state index in [0.717, 1.165) is 17.9 Å². The van der Waals surface area contributed by atoms with Crippen molar-refractivity contribution in [3.8, 4) is 0 Å². The van der Waals surface area contributed by atoms with Crippen molar-refractivity contribution < 1.29 is 8.42 Å². The van der Waals surface area contributed by atoms with E-state index in [-0.39, 0.29) is 4.90 Å². The fraction of sp³-hybridized carbons (Fsp3) is 0.500. The van der Waals surface area contributed by atoms with Crippen LogP contribution in [0.4, 0.5) is 5.82 Å². The molecular formula is C10H16N4O2S2. The molecule has 2 rings (SSSR count). The number of thioether (sulfide) groups is 1. The lowest BCUT2D eigenvalue weighted by atomic mass is 10.5. The van der Waals surface area contributed by atoms with Crippen LogP contribution in [0.3, 0.4) is 0 Å². The standard InChI is InChI=1S/C10H16N4O2S2/c11-13-10-3-2-9(8-12-10)18(15,16)14-4-1-6-17-7-5-14/h2-3,8H,1,4-7,11H2,(H,12,13). The molecule has 0 aromatic carbocycles. The minimum absolute atomic E-state index is 0.216. The minimum atomic E-state index is -3.42. The molecule has 0 radical (unpaired) electrons. The van der Waals surface area contributed by atoms with Crippen molar-refractivity contribution in [2.75, 3.05) is 30.0 Å². The van der Waals surface area contributed by atoms with Crippen LogP contribution in [-0.2, 0) is 10.0 Å². The Labute approximate surface area is 111 Å². The molecule has 6 nitrogen and oxygen atoms in total. The molecule has 0 bridgehead atoms. The minimum Gasteiger partial charge on any atom is -0.308 e. The maximum atomic E-state index is 12.4. The lowest BCUT2D eigenvalue weighted by Crippen LogP contribution is -2.33. The molecule has 0 unspecified atom stereocenters. The second kappa shape index (κ2) is 5.87. The Balaban J connectivity index is 2.22. The predicted molar refractivity (Wildman–Crippen MR) is 72.7 cm³/mol. The summed E-state index contributed by atoms with van der Waals surface area (Å²) < 4.78 is 26.3. The van der Waals surface area contributed by atoms with Crippen LogP contribution in [0.5, 0.6) is 0 Å². The fourth-order valence-electron chi connectivity index (χ4n) is 1.73. The van der Waals surface area contributed by atoms with E-state index in [1.54, 1.807) is 17.8 Å². The zero-order valence-electron chi connectivity index (χ0n) is 9.87. The summed E-state index contributed by atoms with van der Waals surface area (Å²) in [6.07, 6.45) is 2.22. The largest absolute Gasteiger partial charge is 0.308 e. The highest BCUT2D eigenvalue weighted by Gasteiger charge is 2.25. The smallest absolute Gasteiger partial charge is 0.244 e. The molecule has 3 N–H and O–H groups in total. The first-order chi connectivity index (χ1) is 8.64. The maximum Gasteiger partial charge on any atom is 0.244 e. The van der Waals surface area contributed by atoms with Gasteiger partial charge in [-0.1, -0.05) is 0 Å². The Morgan fingerprint density at radius 3 is 2.83 bits per heavy atom. The highest BCUT2D eigenvalue weighted by Crippen LogP contribution is 2.19. The zero-order valence-corrected chi connectivity index (χ0v) is 11.5. The van der Waals surface area contributed by atoms with Crippen LogP contribution in [0.15, 0.2) is 23.2 Å². The summed E-state index contributed by atoms with van der Waals surface area (Å²) in [6.45, 7) is 1.14. The van der Waals surface area contributed by atoms with Gasteiger partial charge in [-0.3, -0.25) is 0 Å². The third-order valence-electron chi connectivity index (χ3n) is 2.70. The second-order valence-electron chi connectivity index (χ2n) is 3.89. The highest BCUT2D eigenvalue weighted by atomic mass is 32.2. The van der Waals surface area contributed by atoms with E-state index in [9.17, 15) is 8.42 Å². The number of hydrazine groups is 1.